The topological polar surface area (TPSA) is 41.6 Å². The number of rotatable bonds is 3. The molecule has 0 radical (unpaired) electrons. The number of amides is 1. The minimum absolute atomic E-state index is 0.000550. The van der Waals surface area contributed by atoms with Crippen LogP contribution in [0.3, 0.4) is 0 Å². The molecule has 1 heterocycles. The highest BCUT2D eigenvalue weighted by molar-refractivity contribution is 5.80. The van der Waals surface area contributed by atoms with Crippen LogP contribution in [0.5, 0.6) is 5.75 Å². The predicted octanol–water partition coefficient (Wildman–Crippen LogP) is 1.97. The first-order valence-corrected chi connectivity index (χ1v) is 7.58. The molecule has 1 amide bonds. The van der Waals surface area contributed by atoms with Gasteiger partial charge < -0.3 is 15.0 Å². The van der Waals surface area contributed by atoms with Gasteiger partial charge in [0.1, 0.15) is 5.75 Å². The van der Waals surface area contributed by atoms with Gasteiger partial charge >= 0.3 is 0 Å². The van der Waals surface area contributed by atoms with E-state index in [-0.39, 0.29) is 11.3 Å². The van der Waals surface area contributed by atoms with Crippen molar-refractivity contribution in [3.63, 3.8) is 0 Å². The summed E-state index contributed by atoms with van der Waals surface area (Å²) in [5.74, 6) is 1.04. The lowest BCUT2D eigenvalue weighted by Crippen LogP contribution is -2.47. The van der Waals surface area contributed by atoms with Crippen LogP contribution in [0.25, 0.3) is 0 Å². The van der Waals surface area contributed by atoms with E-state index in [4.69, 9.17) is 4.74 Å². The van der Waals surface area contributed by atoms with Gasteiger partial charge in [-0.25, -0.2) is 0 Å². The van der Waals surface area contributed by atoms with Crippen molar-refractivity contribution in [2.24, 2.45) is 0 Å². The summed E-state index contributed by atoms with van der Waals surface area (Å²) in [7, 11) is 1.68. The number of carbonyl (C=O) groups excluding carboxylic acids is 1. The van der Waals surface area contributed by atoms with Gasteiger partial charge in [0.25, 0.3) is 0 Å². The molecule has 0 spiro atoms. The number of methoxy groups -OCH3 is 1. The first kappa shape index (κ1) is 15.8. The monoisotopic (exact) mass is 290 g/mol. The molecule has 2 rings (SSSR count). The molecular weight excluding hydrogens is 264 g/mol. The number of hydrogen-bond donors (Lipinski definition) is 1. The van der Waals surface area contributed by atoms with E-state index < -0.39 is 0 Å². The third-order valence-corrected chi connectivity index (χ3v) is 3.92. The first-order valence-electron chi connectivity index (χ1n) is 7.58. The highest BCUT2D eigenvalue weighted by atomic mass is 16.5. The molecule has 1 aromatic carbocycles. The van der Waals surface area contributed by atoms with Crippen LogP contribution in [0.4, 0.5) is 0 Å². The Morgan fingerprint density at radius 1 is 1.29 bits per heavy atom. The molecule has 0 bridgehead atoms. The molecule has 0 saturated carbocycles. The lowest BCUT2D eigenvalue weighted by molar-refractivity contribution is -0.131. The molecule has 1 aromatic rings. The highest BCUT2D eigenvalue weighted by Crippen LogP contribution is 2.34. The quantitative estimate of drug-likeness (QED) is 0.925. The average molecular weight is 290 g/mol. The number of carbonyl (C=O) groups is 1. The number of ether oxygens (including phenoxy) is 1. The first-order chi connectivity index (χ1) is 9.93. The molecule has 0 atom stereocenters. The molecule has 0 aliphatic carbocycles. The van der Waals surface area contributed by atoms with E-state index in [9.17, 15) is 4.79 Å². The molecule has 1 aliphatic heterocycles. The van der Waals surface area contributed by atoms with Crippen molar-refractivity contribution in [2.45, 2.75) is 32.6 Å². The number of hydrogen-bond acceptors (Lipinski definition) is 3. The molecule has 0 aromatic heterocycles. The summed E-state index contributed by atoms with van der Waals surface area (Å²) in [5.41, 5.74) is 2.13. The van der Waals surface area contributed by atoms with E-state index in [1.807, 2.05) is 17.0 Å². The third-order valence-electron chi connectivity index (χ3n) is 3.92. The Morgan fingerprint density at radius 2 is 1.95 bits per heavy atom. The summed E-state index contributed by atoms with van der Waals surface area (Å²) in [5, 5.41) is 3.27. The number of nitrogens with one attached hydrogen (secondary N) is 1. The van der Waals surface area contributed by atoms with Crippen molar-refractivity contribution in [1.82, 2.24) is 10.2 Å². The summed E-state index contributed by atoms with van der Waals surface area (Å²) in [4.78, 5) is 14.4. The molecule has 1 saturated heterocycles. The SMILES string of the molecule is COc1c(CC(=O)N2CCNCC2)cccc1C(C)(C)C. The fraction of sp³-hybridized carbons (Fsp3) is 0.588. The Balaban J connectivity index is 2.21. The van der Waals surface area contributed by atoms with Gasteiger partial charge in [0.05, 0.1) is 13.5 Å². The molecule has 1 N–H and O–H groups in total. The summed E-state index contributed by atoms with van der Waals surface area (Å²) in [6.07, 6.45) is 0.410. The summed E-state index contributed by atoms with van der Waals surface area (Å²) >= 11 is 0. The Morgan fingerprint density at radius 3 is 2.52 bits per heavy atom. The average Bonchev–Trinajstić information content (AvgIpc) is 2.47. The number of nitrogens with zero attached hydrogens (tertiary/aromatic N) is 1. The second kappa shape index (κ2) is 6.48. The summed E-state index contributed by atoms with van der Waals surface area (Å²) < 4.78 is 5.61. The van der Waals surface area contributed by atoms with Crippen molar-refractivity contribution in [1.29, 1.82) is 0 Å². The molecule has 116 valence electrons. The van der Waals surface area contributed by atoms with Gasteiger partial charge in [-0.3, -0.25) is 4.79 Å². The van der Waals surface area contributed by atoms with Gasteiger partial charge in [-0.2, -0.15) is 0 Å². The standard InChI is InChI=1S/C17H26N2O2/c1-17(2,3)14-7-5-6-13(16(14)21-4)12-15(20)19-10-8-18-9-11-19/h5-7,18H,8-12H2,1-4H3. The van der Waals surface area contributed by atoms with Crippen molar-refractivity contribution in [2.75, 3.05) is 33.3 Å². The third kappa shape index (κ3) is 3.76. The van der Waals surface area contributed by atoms with Gasteiger partial charge in [-0.05, 0) is 11.0 Å². The van der Waals surface area contributed by atoms with Crippen LogP contribution in [-0.4, -0.2) is 44.1 Å². The van der Waals surface area contributed by atoms with E-state index in [0.29, 0.717) is 6.42 Å². The Hall–Kier alpha value is -1.55. The predicted molar refractivity (Wildman–Crippen MR) is 84.8 cm³/mol. The maximum atomic E-state index is 12.4. The Bertz CT molecular complexity index is 500. The van der Waals surface area contributed by atoms with Crippen molar-refractivity contribution in [3.05, 3.63) is 29.3 Å². The molecule has 0 unspecified atom stereocenters. The van der Waals surface area contributed by atoms with E-state index in [1.54, 1.807) is 7.11 Å². The second-order valence-electron chi connectivity index (χ2n) is 6.56. The van der Waals surface area contributed by atoms with Crippen LogP contribution in [0.15, 0.2) is 18.2 Å². The Labute approximate surface area is 127 Å². The van der Waals surface area contributed by atoms with Crippen LogP contribution < -0.4 is 10.1 Å². The number of para-hydroxylation sites is 1. The van der Waals surface area contributed by atoms with E-state index in [1.165, 1.54) is 0 Å². The minimum atomic E-state index is -0.000550. The zero-order valence-electron chi connectivity index (χ0n) is 13.5. The number of benzene rings is 1. The molecule has 1 fully saturated rings. The lowest BCUT2D eigenvalue weighted by atomic mass is 9.85. The smallest absolute Gasteiger partial charge is 0.227 e. The Kier molecular flexibility index (Phi) is 4.88. The van der Waals surface area contributed by atoms with E-state index >= 15 is 0 Å². The van der Waals surface area contributed by atoms with E-state index in [2.05, 4.69) is 32.2 Å². The van der Waals surface area contributed by atoms with Crippen LogP contribution in [-0.2, 0) is 16.6 Å². The molecular formula is C17H26N2O2. The van der Waals surface area contributed by atoms with Crippen LogP contribution in [0, 0.1) is 0 Å². The zero-order chi connectivity index (χ0) is 15.5. The van der Waals surface area contributed by atoms with Gasteiger partial charge in [0.2, 0.25) is 5.91 Å². The molecule has 21 heavy (non-hydrogen) atoms. The van der Waals surface area contributed by atoms with Gasteiger partial charge in [0.15, 0.2) is 0 Å². The van der Waals surface area contributed by atoms with E-state index in [0.717, 1.165) is 43.1 Å². The fourth-order valence-corrected chi connectivity index (χ4v) is 2.74. The molecule has 4 nitrogen and oxygen atoms in total. The lowest BCUT2D eigenvalue weighted by Gasteiger charge is -2.28. The maximum Gasteiger partial charge on any atom is 0.227 e. The molecule has 1 aliphatic rings. The van der Waals surface area contributed by atoms with Gasteiger partial charge in [-0.15, -0.1) is 0 Å². The van der Waals surface area contributed by atoms with Crippen LogP contribution in [0.2, 0.25) is 0 Å². The maximum absolute atomic E-state index is 12.4. The highest BCUT2D eigenvalue weighted by Gasteiger charge is 2.23. The van der Waals surface area contributed by atoms with Crippen molar-refractivity contribution >= 4 is 5.91 Å². The van der Waals surface area contributed by atoms with Crippen LogP contribution in [0.1, 0.15) is 31.9 Å². The fourth-order valence-electron chi connectivity index (χ4n) is 2.74. The van der Waals surface area contributed by atoms with Gasteiger partial charge in [0, 0.05) is 31.7 Å². The minimum Gasteiger partial charge on any atom is -0.496 e. The summed E-state index contributed by atoms with van der Waals surface area (Å²) in [6.45, 7) is 9.82. The molecule has 4 heteroatoms. The largest absolute Gasteiger partial charge is 0.496 e. The van der Waals surface area contributed by atoms with Crippen molar-refractivity contribution in [3.8, 4) is 5.75 Å². The van der Waals surface area contributed by atoms with Crippen LogP contribution >= 0.6 is 0 Å². The second-order valence-corrected chi connectivity index (χ2v) is 6.56. The normalized spacial score (nSPS) is 15.9. The van der Waals surface area contributed by atoms with Gasteiger partial charge in [-0.1, -0.05) is 39.0 Å². The summed E-state index contributed by atoms with van der Waals surface area (Å²) in [6, 6.07) is 6.09. The van der Waals surface area contributed by atoms with Crippen molar-refractivity contribution < 1.29 is 9.53 Å². The number of piperazine rings is 1. The zero-order valence-corrected chi connectivity index (χ0v) is 13.5.